The second kappa shape index (κ2) is 5.37. The van der Waals surface area contributed by atoms with Crippen molar-refractivity contribution in [3.63, 3.8) is 0 Å². The standard InChI is InChI=1S/C10H16N2O5/c1-4-15-9(14)7(12-11)8(13)6-5-16-10(2,3)17-6/h6,8,13H,4-5H2,1-3H3/t6-,8?/m0/s1. The predicted octanol–water partition coefficient (Wildman–Crippen LogP) is -0.267. The molecule has 0 aliphatic carbocycles. The highest BCUT2D eigenvalue weighted by Gasteiger charge is 2.44. The molecule has 0 aromatic heterocycles. The molecule has 96 valence electrons. The lowest BCUT2D eigenvalue weighted by Gasteiger charge is -2.18. The van der Waals surface area contributed by atoms with Gasteiger partial charge in [0.2, 0.25) is 0 Å². The fourth-order valence-corrected chi connectivity index (χ4v) is 1.47. The average molecular weight is 244 g/mol. The monoisotopic (exact) mass is 244 g/mol. The van der Waals surface area contributed by atoms with Crippen molar-refractivity contribution in [3.8, 4) is 0 Å². The number of carbonyl (C=O) groups is 1. The van der Waals surface area contributed by atoms with Crippen molar-refractivity contribution in [2.75, 3.05) is 13.2 Å². The van der Waals surface area contributed by atoms with E-state index in [2.05, 4.69) is 9.53 Å². The van der Waals surface area contributed by atoms with Crippen LogP contribution in [0.4, 0.5) is 0 Å². The Hall–Kier alpha value is -1.27. The molecule has 0 aromatic carbocycles. The molecular weight excluding hydrogens is 228 g/mol. The molecule has 1 aliphatic heterocycles. The number of rotatable bonds is 4. The number of ether oxygens (including phenoxy) is 3. The second-order valence-electron chi connectivity index (χ2n) is 4.02. The van der Waals surface area contributed by atoms with Gasteiger partial charge in [-0.25, -0.2) is 4.79 Å². The summed E-state index contributed by atoms with van der Waals surface area (Å²) in [5.74, 6) is -1.71. The van der Waals surface area contributed by atoms with Crippen LogP contribution in [0.3, 0.4) is 0 Å². The lowest BCUT2D eigenvalue weighted by atomic mass is 10.1. The van der Waals surface area contributed by atoms with Crippen LogP contribution in [0.15, 0.2) is 0 Å². The zero-order valence-corrected chi connectivity index (χ0v) is 10.0. The Labute approximate surface area is 98.9 Å². The van der Waals surface area contributed by atoms with Gasteiger partial charge in [-0.1, -0.05) is 0 Å². The van der Waals surface area contributed by atoms with Crippen LogP contribution in [0, 0.1) is 0 Å². The van der Waals surface area contributed by atoms with Gasteiger partial charge < -0.3 is 24.8 Å². The van der Waals surface area contributed by atoms with E-state index in [9.17, 15) is 9.90 Å². The van der Waals surface area contributed by atoms with Gasteiger partial charge in [0.05, 0.1) is 13.2 Å². The van der Waals surface area contributed by atoms with Gasteiger partial charge in [0, 0.05) is 0 Å². The molecule has 7 nitrogen and oxygen atoms in total. The van der Waals surface area contributed by atoms with E-state index in [4.69, 9.17) is 15.0 Å². The maximum Gasteiger partial charge on any atom is 0.419 e. The molecule has 1 unspecified atom stereocenters. The molecule has 1 saturated heterocycles. The Kier molecular flexibility index (Phi) is 4.36. The zero-order chi connectivity index (χ0) is 13.1. The van der Waals surface area contributed by atoms with Gasteiger partial charge in [-0.3, -0.25) is 0 Å². The summed E-state index contributed by atoms with van der Waals surface area (Å²) in [7, 11) is 0. The van der Waals surface area contributed by atoms with Gasteiger partial charge in [-0.2, -0.15) is 4.79 Å². The molecule has 0 radical (unpaired) electrons. The topological polar surface area (TPSA) is 101 Å². The van der Waals surface area contributed by atoms with Gasteiger partial charge in [0.1, 0.15) is 6.10 Å². The Balaban J connectivity index is 2.72. The van der Waals surface area contributed by atoms with E-state index in [1.54, 1.807) is 20.8 Å². The summed E-state index contributed by atoms with van der Waals surface area (Å²) in [6, 6.07) is 0. The van der Waals surface area contributed by atoms with Crippen molar-refractivity contribution in [1.29, 1.82) is 0 Å². The summed E-state index contributed by atoms with van der Waals surface area (Å²) >= 11 is 0. The highest BCUT2D eigenvalue weighted by Crippen LogP contribution is 2.24. The number of aliphatic hydroxyl groups is 1. The molecule has 0 spiro atoms. The first-order valence-electron chi connectivity index (χ1n) is 5.30. The molecule has 1 aliphatic rings. The van der Waals surface area contributed by atoms with Crippen molar-refractivity contribution < 1.29 is 28.9 Å². The Morgan fingerprint density at radius 2 is 2.35 bits per heavy atom. The quantitative estimate of drug-likeness (QED) is 0.317. The molecule has 17 heavy (non-hydrogen) atoms. The number of nitrogens with zero attached hydrogens (tertiary/aromatic N) is 2. The highest BCUT2D eigenvalue weighted by atomic mass is 16.7. The molecule has 0 amide bonds. The fourth-order valence-electron chi connectivity index (χ4n) is 1.47. The molecule has 1 fully saturated rings. The fraction of sp³-hybridized carbons (Fsp3) is 0.800. The first kappa shape index (κ1) is 13.8. The first-order chi connectivity index (χ1) is 7.91. The minimum Gasteiger partial charge on any atom is -0.457 e. The lowest BCUT2D eigenvalue weighted by molar-refractivity contribution is -0.153. The number of aliphatic hydroxyl groups excluding tert-OH is 1. The van der Waals surface area contributed by atoms with Crippen molar-refractivity contribution >= 4 is 11.7 Å². The van der Waals surface area contributed by atoms with Crippen molar-refractivity contribution in [2.24, 2.45) is 0 Å². The zero-order valence-electron chi connectivity index (χ0n) is 10.0. The summed E-state index contributed by atoms with van der Waals surface area (Å²) in [5, 5.41) is 9.84. The van der Waals surface area contributed by atoms with Crippen molar-refractivity contribution in [2.45, 2.75) is 38.8 Å². The molecule has 1 rings (SSSR count). The van der Waals surface area contributed by atoms with Crippen LogP contribution in [-0.2, 0) is 19.0 Å². The summed E-state index contributed by atoms with van der Waals surface area (Å²) in [4.78, 5) is 14.1. The first-order valence-corrected chi connectivity index (χ1v) is 5.30. The van der Waals surface area contributed by atoms with Crippen molar-refractivity contribution in [3.05, 3.63) is 5.53 Å². The minimum atomic E-state index is -1.39. The molecule has 0 saturated carbocycles. The third-order valence-corrected chi connectivity index (χ3v) is 2.26. The van der Waals surface area contributed by atoms with Crippen LogP contribution in [-0.4, -0.2) is 52.8 Å². The maximum absolute atomic E-state index is 11.4. The highest BCUT2D eigenvalue weighted by molar-refractivity contribution is 6.35. The van der Waals surface area contributed by atoms with Crippen molar-refractivity contribution in [1.82, 2.24) is 0 Å². The predicted molar refractivity (Wildman–Crippen MR) is 56.2 cm³/mol. The molecular formula is C10H16N2O5. The molecule has 7 heteroatoms. The van der Waals surface area contributed by atoms with Gasteiger partial charge in [-0.15, -0.1) is 0 Å². The molecule has 1 heterocycles. The van der Waals surface area contributed by atoms with Crippen LogP contribution < -0.4 is 0 Å². The lowest BCUT2D eigenvalue weighted by Crippen LogP contribution is -2.42. The summed E-state index contributed by atoms with van der Waals surface area (Å²) in [5.41, 5.74) is 8.23. The number of hydrogen-bond donors (Lipinski definition) is 1. The number of esters is 1. The molecule has 0 bridgehead atoms. The van der Waals surface area contributed by atoms with Crippen LogP contribution in [0.1, 0.15) is 20.8 Å². The van der Waals surface area contributed by atoms with E-state index in [1.807, 2.05) is 0 Å². The molecule has 1 N–H and O–H groups in total. The van der Waals surface area contributed by atoms with Crippen LogP contribution in [0.2, 0.25) is 0 Å². The summed E-state index contributed by atoms with van der Waals surface area (Å²) in [6.45, 7) is 5.20. The van der Waals surface area contributed by atoms with Gasteiger partial charge >= 0.3 is 11.7 Å². The van der Waals surface area contributed by atoms with E-state index < -0.39 is 29.7 Å². The SMILES string of the molecule is CCOC(=O)C(=[N+]=[N-])C(O)[C@@H]1COC(C)(C)O1. The Morgan fingerprint density at radius 1 is 1.71 bits per heavy atom. The smallest absolute Gasteiger partial charge is 0.419 e. The van der Waals surface area contributed by atoms with Crippen LogP contribution >= 0.6 is 0 Å². The van der Waals surface area contributed by atoms with Gasteiger partial charge in [-0.05, 0) is 20.8 Å². The van der Waals surface area contributed by atoms with E-state index in [0.29, 0.717) is 0 Å². The number of hydrogen-bond acceptors (Lipinski definition) is 5. The Bertz CT molecular complexity index is 349. The minimum absolute atomic E-state index is 0.104. The largest absolute Gasteiger partial charge is 0.457 e. The van der Waals surface area contributed by atoms with E-state index >= 15 is 0 Å². The summed E-state index contributed by atoms with van der Waals surface area (Å²) in [6.07, 6.45) is -2.15. The number of carbonyl (C=O) groups excluding carboxylic acids is 1. The normalized spacial score (nSPS) is 23.9. The van der Waals surface area contributed by atoms with Gasteiger partial charge in [0.25, 0.3) is 0 Å². The molecule has 0 aromatic rings. The van der Waals surface area contributed by atoms with Gasteiger partial charge in [0.15, 0.2) is 11.9 Å². The Morgan fingerprint density at radius 3 is 2.76 bits per heavy atom. The second-order valence-corrected chi connectivity index (χ2v) is 4.02. The average Bonchev–Trinajstić information content (AvgIpc) is 2.60. The van der Waals surface area contributed by atoms with E-state index in [1.165, 1.54) is 0 Å². The summed E-state index contributed by atoms with van der Waals surface area (Å²) < 4.78 is 15.2. The third kappa shape index (κ3) is 3.34. The molecule has 2 atom stereocenters. The maximum atomic E-state index is 11.4. The van der Waals surface area contributed by atoms with E-state index in [0.717, 1.165) is 0 Å². The third-order valence-electron chi connectivity index (χ3n) is 2.26. The van der Waals surface area contributed by atoms with Crippen LogP contribution in [0.5, 0.6) is 0 Å². The van der Waals surface area contributed by atoms with Crippen LogP contribution in [0.25, 0.3) is 5.53 Å². The van der Waals surface area contributed by atoms with E-state index in [-0.39, 0.29) is 13.2 Å².